The van der Waals surface area contributed by atoms with Crippen molar-refractivity contribution in [3.8, 4) is 16.9 Å². The Hall–Kier alpha value is -3.18. The molecule has 1 aliphatic rings. The molecule has 0 radical (unpaired) electrons. The van der Waals surface area contributed by atoms with E-state index in [0.29, 0.717) is 17.8 Å². The molecule has 1 aromatic heterocycles. The largest absolute Gasteiger partial charge is 0.348 e. The molecule has 0 fully saturated rings. The topological polar surface area (TPSA) is 59.0 Å². The van der Waals surface area contributed by atoms with Gasteiger partial charge in [-0.2, -0.15) is 5.10 Å². The number of para-hydroxylation sites is 1. The maximum atomic E-state index is 13.1. The molecule has 3 aromatic rings. The van der Waals surface area contributed by atoms with Crippen molar-refractivity contribution in [1.82, 2.24) is 20.4 Å². The second-order valence-corrected chi connectivity index (χ2v) is 7.47. The molecule has 1 aliphatic heterocycles. The molecule has 2 aromatic carbocycles. The summed E-state index contributed by atoms with van der Waals surface area (Å²) in [7, 11) is 0. The quantitative estimate of drug-likeness (QED) is 0.656. The Morgan fingerprint density at radius 2 is 1.97 bits per heavy atom. The van der Waals surface area contributed by atoms with E-state index in [1.807, 2.05) is 42.6 Å². The third-order valence-corrected chi connectivity index (χ3v) is 5.39. The second-order valence-electron chi connectivity index (χ2n) is 7.47. The van der Waals surface area contributed by atoms with E-state index in [4.69, 9.17) is 5.10 Å². The van der Waals surface area contributed by atoms with Gasteiger partial charge in [-0.25, -0.2) is 4.68 Å². The Morgan fingerprint density at radius 3 is 2.69 bits per heavy atom. The average molecular weight is 386 g/mol. The van der Waals surface area contributed by atoms with Gasteiger partial charge in [0.25, 0.3) is 5.91 Å². The highest BCUT2D eigenvalue weighted by Crippen LogP contribution is 2.26. The van der Waals surface area contributed by atoms with Crippen LogP contribution in [0.15, 0.2) is 66.4 Å². The van der Waals surface area contributed by atoms with Crippen molar-refractivity contribution < 1.29 is 4.79 Å². The summed E-state index contributed by atoms with van der Waals surface area (Å²) < 4.78 is 1.78. The second kappa shape index (κ2) is 8.45. The van der Waals surface area contributed by atoms with E-state index in [9.17, 15) is 4.79 Å². The third kappa shape index (κ3) is 4.30. The fourth-order valence-electron chi connectivity index (χ4n) is 3.47. The van der Waals surface area contributed by atoms with Crippen molar-refractivity contribution in [3.05, 3.63) is 83.1 Å². The number of benzene rings is 2. The molecular weight excluding hydrogens is 360 g/mol. The normalized spacial score (nSPS) is 13.8. The molecule has 0 spiro atoms. The van der Waals surface area contributed by atoms with E-state index < -0.39 is 0 Å². The van der Waals surface area contributed by atoms with Crippen molar-refractivity contribution >= 4 is 5.91 Å². The molecule has 0 aliphatic carbocycles. The third-order valence-electron chi connectivity index (χ3n) is 5.39. The molecule has 0 unspecified atom stereocenters. The lowest BCUT2D eigenvalue weighted by atomic mass is 10.0. The minimum Gasteiger partial charge on any atom is -0.348 e. The number of nitrogens with zero attached hydrogens (tertiary/aromatic N) is 2. The number of hydrogen-bond donors (Lipinski definition) is 2. The zero-order chi connectivity index (χ0) is 20.2. The Bertz CT molecular complexity index is 1050. The summed E-state index contributed by atoms with van der Waals surface area (Å²) in [5.74, 6) is -0.0974. The minimum atomic E-state index is -0.0974. The van der Waals surface area contributed by atoms with Crippen LogP contribution in [0.3, 0.4) is 0 Å². The van der Waals surface area contributed by atoms with E-state index in [2.05, 4.69) is 42.7 Å². The Balaban J connectivity index is 1.68. The van der Waals surface area contributed by atoms with Crippen LogP contribution in [-0.2, 0) is 0 Å². The van der Waals surface area contributed by atoms with Gasteiger partial charge in [0.05, 0.1) is 11.3 Å². The summed E-state index contributed by atoms with van der Waals surface area (Å²) in [6, 6.07) is 16.1. The summed E-state index contributed by atoms with van der Waals surface area (Å²) in [5.41, 5.74) is 6.84. The van der Waals surface area contributed by atoms with E-state index in [1.54, 1.807) is 4.68 Å². The number of amides is 1. The predicted molar refractivity (Wildman–Crippen MR) is 116 cm³/mol. The maximum Gasteiger partial charge on any atom is 0.255 e. The summed E-state index contributed by atoms with van der Waals surface area (Å²) in [5, 5.41) is 11.1. The van der Waals surface area contributed by atoms with E-state index in [0.717, 1.165) is 30.8 Å². The van der Waals surface area contributed by atoms with Crippen molar-refractivity contribution in [2.24, 2.45) is 0 Å². The lowest BCUT2D eigenvalue weighted by Crippen LogP contribution is -2.29. The highest BCUT2D eigenvalue weighted by Gasteiger charge is 2.19. The first-order valence-corrected chi connectivity index (χ1v) is 10.0. The molecule has 5 heteroatoms. The van der Waals surface area contributed by atoms with Gasteiger partial charge >= 0.3 is 0 Å². The summed E-state index contributed by atoms with van der Waals surface area (Å²) in [6.45, 7) is 6.56. The van der Waals surface area contributed by atoms with Crippen LogP contribution >= 0.6 is 0 Å². The van der Waals surface area contributed by atoms with E-state index >= 15 is 0 Å². The van der Waals surface area contributed by atoms with Gasteiger partial charge in [-0.1, -0.05) is 42.0 Å². The van der Waals surface area contributed by atoms with Crippen LogP contribution < -0.4 is 10.6 Å². The number of carbonyl (C=O) groups is 1. The van der Waals surface area contributed by atoms with Crippen molar-refractivity contribution in [2.75, 3.05) is 19.6 Å². The van der Waals surface area contributed by atoms with Gasteiger partial charge in [-0.3, -0.25) is 4.79 Å². The first kappa shape index (κ1) is 19.2. The van der Waals surface area contributed by atoms with Gasteiger partial charge in [0.1, 0.15) is 5.69 Å². The summed E-state index contributed by atoms with van der Waals surface area (Å²) in [4.78, 5) is 13.1. The summed E-state index contributed by atoms with van der Waals surface area (Å²) >= 11 is 0. The van der Waals surface area contributed by atoms with Gasteiger partial charge in [0.2, 0.25) is 0 Å². The van der Waals surface area contributed by atoms with Gasteiger partial charge in [0.15, 0.2) is 0 Å². The maximum absolute atomic E-state index is 13.1. The molecule has 0 bridgehead atoms. The molecule has 2 N–H and O–H groups in total. The summed E-state index contributed by atoms with van der Waals surface area (Å²) in [6.07, 6.45) is 4.95. The van der Waals surface area contributed by atoms with Crippen LogP contribution in [0.2, 0.25) is 0 Å². The van der Waals surface area contributed by atoms with Crippen LogP contribution in [0.4, 0.5) is 0 Å². The van der Waals surface area contributed by atoms with Crippen molar-refractivity contribution in [3.63, 3.8) is 0 Å². The highest BCUT2D eigenvalue weighted by atomic mass is 16.1. The van der Waals surface area contributed by atoms with Crippen LogP contribution in [0, 0.1) is 13.8 Å². The number of nitrogens with one attached hydrogen (secondary N) is 2. The lowest BCUT2D eigenvalue weighted by Gasteiger charge is -2.14. The zero-order valence-corrected chi connectivity index (χ0v) is 16.9. The standard InChI is InChI=1S/C24H26N4O/c1-17-8-9-20(14-18(17)2)23-22(16-28(27-23)21-6-4-3-5-7-21)24(29)26-15-19-10-12-25-13-11-19/h3-10,14,16,25H,11-13,15H2,1-2H3,(H,26,29). The Labute approximate surface area is 171 Å². The molecule has 0 saturated carbocycles. The van der Waals surface area contributed by atoms with Crippen molar-refractivity contribution in [2.45, 2.75) is 20.3 Å². The van der Waals surface area contributed by atoms with Gasteiger partial charge in [-0.15, -0.1) is 0 Å². The predicted octanol–water partition coefficient (Wildman–Crippen LogP) is 3.81. The lowest BCUT2D eigenvalue weighted by molar-refractivity contribution is 0.0957. The van der Waals surface area contributed by atoms with Crippen LogP contribution in [-0.4, -0.2) is 35.3 Å². The van der Waals surface area contributed by atoms with Gasteiger partial charge in [0, 0.05) is 24.8 Å². The molecular formula is C24H26N4O. The van der Waals surface area contributed by atoms with E-state index in [-0.39, 0.29) is 5.91 Å². The monoisotopic (exact) mass is 386 g/mol. The Kier molecular flexibility index (Phi) is 5.58. The van der Waals surface area contributed by atoms with Gasteiger partial charge < -0.3 is 10.6 Å². The molecule has 29 heavy (non-hydrogen) atoms. The van der Waals surface area contributed by atoms with Crippen molar-refractivity contribution in [1.29, 1.82) is 0 Å². The molecule has 0 atom stereocenters. The molecule has 1 amide bonds. The molecule has 4 rings (SSSR count). The molecule has 5 nitrogen and oxygen atoms in total. The first-order chi connectivity index (χ1) is 14.1. The first-order valence-electron chi connectivity index (χ1n) is 10.0. The smallest absolute Gasteiger partial charge is 0.255 e. The average Bonchev–Trinajstić information content (AvgIpc) is 3.21. The molecule has 2 heterocycles. The SMILES string of the molecule is Cc1ccc(-c2nn(-c3ccccc3)cc2C(=O)NCC2=CCNCC2)cc1C. The number of carbonyl (C=O) groups excluding carboxylic acids is 1. The highest BCUT2D eigenvalue weighted by molar-refractivity contribution is 6.00. The van der Waals surface area contributed by atoms with Gasteiger partial charge in [-0.05, 0) is 56.1 Å². The molecule has 148 valence electrons. The van der Waals surface area contributed by atoms with E-state index in [1.165, 1.54) is 16.7 Å². The number of aromatic nitrogens is 2. The fourth-order valence-corrected chi connectivity index (χ4v) is 3.47. The number of aryl methyl sites for hydroxylation is 2. The minimum absolute atomic E-state index is 0.0974. The van der Waals surface area contributed by atoms with Crippen LogP contribution in [0.1, 0.15) is 27.9 Å². The van der Waals surface area contributed by atoms with Crippen LogP contribution in [0.5, 0.6) is 0 Å². The molecule has 0 saturated heterocycles. The number of rotatable bonds is 5. The number of hydrogen-bond acceptors (Lipinski definition) is 3. The van der Waals surface area contributed by atoms with Crippen LogP contribution in [0.25, 0.3) is 16.9 Å². The fraction of sp³-hybridized carbons (Fsp3) is 0.250. The zero-order valence-electron chi connectivity index (χ0n) is 16.9. The Morgan fingerprint density at radius 1 is 1.14 bits per heavy atom.